The minimum Gasteiger partial charge on any atom is -0.494 e. The van der Waals surface area contributed by atoms with Crippen molar-refractivity contribution in [2.75, 3.05) is 13.2 Å². The largest absolute Gasteiger partial charge is 0.494 e. The molecule has 0 saturated carbocycles. The quantitative estimate of drug-likeness (QED) is 0.414. The van der Waals surface area contributed by atoms with Crippen molar-refractivity contribution in [3.05, 3.63) is 82.8 Å². The lowest BCUT2D eigenvalue weighted by molar-refractivity contribution is -0.162. The zero-order valence-corrected chi connectivity index (χ0v) is 22.2. The predicted octanol–water partition coefficient (Wildman–Crippen LogP) is 5.34. The van der Waals surface area contributed by atoms with E-state index in [9.17, 15) is 9.59 Å². The van der Waals surface area contributed by atoms with Crippen LogP contribution in [-0.2, 0) is 20.8 Å². The van der Waals surface area contributed by atoms with Crippen LogP contribution >= 0.6 is 11.8 Å². The van der Waals surface area contributed by atoms with Crippen molar-refractivity contribution in [2.24, 2.45) is 0 Å². The maximum Gasteiger partial charge on any atom is 0.290 e. The highest BCUT2D eigenvalue weighted by Crippen LogP contribution is 2.38. The van der Waals surface area contributed by atoms with Gasteiger partial charge in [0, 0.05) is 19.1 Å². The van der Waals surface area contributed by atoms with Crippen LogP contribution in [0.15, 0.2) is 71.6 Å². The van der Waals surface area contributed by atoms with Crippen LogP contribution in [0.5, 0.6) is 5.75 Å². The molecule has 1 N–H and O–H groups in total. The summed E-state index contributed by atoms with van der Waals surface area (Å²) >= 11 is 0.923. The van der Waals surface area contributed by atoms with Gasteiger partial charge in [0.05, 0.1) is 11.5 Å². The normalized spacial score (nSPS) is 25.7. The number of carbonyl (C=O) groups is 2. The topological polar surface area (TPSA) is 77.1 Å². The number of fused-ring (bicyclic) bond motifs is 2. The number of rotatable bonds is 7. The van der Waals surface area contributed by atoms with Crippen LogP contribution in [0.1, 0.15) is 31.4 Å². The summed E-state index contributed by atoms with van der Waals surface area (Å²) in [6.45, 7) is 6.24. The fourth-order valence-electron chi connectivity index (χ4n) is 5.54. The van der Waals surface area contributed by atoms with E-state index in [1.807, 2.05) is 56.3 Å². The molecule has 6 rings (SSSR count). The molecule has 0 aliphatic carbocycles. The Balaban J connectivity index is 1.12. The van der Waals surface area contributed by atoms with Crippen LogP contribution in [-0.4, -0.2) is 53.2 Å². The lowest BCUT2D eigenvalue weighted by atomic mass is 10.1. The fourth-order valence-corrected chi connectivity index (χ4v) is 6.23. The molecule has 3 fully saturated rings. The third-order valence-corrected chi connectivity index (χ3v) is 7.98. The molecule has 3 aliphatic rings. The van der Waals surface area contributed by atoms with Gasteiger partial charge in [-0.3, -0.25) is 19.8 Å². The van der Waals surface area contributed by atoms with E-state index >= 15 is 0 Å². The van der Waals surface area contributed by atoms with Gasteiger partial charge in [-0.15, -0.1) is 0 Å². The number of ether oxygens (including phenoxy) is 3. The van der Waals surface area contributed by atoms with Gasteiger partial charge in [0.25, 0.3) is 11.1 Å². The molecule has 3 atom stereocenters. The summed E-state index contributed by atoms with van der Waals surface area (Å²) in [7, 11) is 0. The average Bonchev–Trinajstić information content (AvgIpc) is 3.47. The minimum atomic E-state index is -0.559. The highest BCUT2D eigenvalue weighted by atomic mass is 32.2. The number of nitrogens with zero attached hydrogens (tertiary/aromatic N) is 1. The number of thioether (sulfide) groups is 1. The molecule has 0 bridgehead atoms. The highest BCUT2D eigenvalue weighted by Gasteiger charge is 2.52. The Hall–Kier alpha value is -3.17. The Morgan fingerprint density at radius 2 is 1.84 bits per heavy atom. The second-order valence-corrected chi connectivity index (χ2v) is 11.4. The lowest BCUT2D eigenvalue weighted by Crippen LogP contribution is -2.39. The second-order valence-electron chi connectivity index (χ2n) is 10.4. The van der Waals surface area contributed by atoms with E-state index in [1.165, 1.54) is 5.56 Å². The first-order chi connectivity index (χ1) is 18.3. The molecule has 3 heterocycles. The van der Waals surface area contributed by atoms with Crippen LogP contribution in [0.25, 0.3) is 16.8 Å². The summed E-state index contributed by atoms with van der Waals surface area (Å²) in [6.07, 6.45) is 2.66. The first kappa shape index (κ1) is 25.1. The molecule has 0 spiro atoms. The van der Waals surface area contributed by atoms with E-state index in [2.05, 4.69) is 34.5 Å². The van der Waals surface area contributed by atoms with Crippen LogP contribution in [0.3, 0.4) is 0 Å². The van der Waals surface area contributed by atoms with Gasteiger partial charge in [-0.2, -0.15) is 0 Å². The Morgan fingerprint density at radius 3 is 2.63 bits per heavy atom. The van der Waals surface area contributed by atoms with Gasteiger partial charge in [0.2, 0.25) is 0 Å². The summed E-state index contributed by atoms with van der Waals surface area (Å²) in [6, 6.07) is 22.7. The molecule has 0 aromatic heterocycles. The van der Waals surface area contributed by atoms with Gasteiger partial charge in [-0.05, 0) is 78.2 Å². The number of likely N-dealkylation sites (tertiary alicyclic amines) is 1. The van der Waals surface area contributed by atoms with E-state index in [0.717, 1.165) is 53.4 Å². The molecular weight excluding hydrogens is 500 g/mol. The summed E-state index contributed by atoms with van der Waals surface area (Å²) in [5, 5.41) is 4.03. The second kappa shape index (κ2) is 10.2. The van der Waals surface area contributed by atoms with Crippen molar-refractivity contribution in [1.82, 2.24) is 10.2 Å². The lowest BCUT2D eigenvalue weighted by Gasteiger charge is -2.30. The number of carbonyl (C=O) groups excluding carboxylic acids is 2. The van der Waals surface area contributed by atoms with Gasteiger partial charge in [0.1, 0.15) is 18.0 Å². The van der Waals surface area contributed by atoms with Gasteiger partial charge in [-0.1, -0.05) is 48.5 Å². The molecule has 38 heavy (non-hydrogen) atoms. The molecule has 8 heteroatoms. The van der Waals surface area contributed by atoms with E-state index in [1.54, 1.807) is 6.08 Å². The molecule has 1 unspecified atom stereocenters. The highest BCUT2D eigenvalue weighted by molar-refractivity contribution is 8.18. The number of hydrogen-bond acceptors (Lipinski definition) is 7. The van der Waals surface area contributed by atoms with Gasteiger partial charge < -0.3 is 14.2 Å². The number of hydrogen-bond donors (Lipinski definition) is 1. The van der Waals surface area contributed by atoms with Crippen molar-refractivity contribution in [3.8, 4) is 5.75 Å². The van der Waals surface area contributed by atoms with E-state index in [-0.39, 0.29) is 29.4 Å². The Morgan fingerprint density at radius 1 is 1.05 bits per heavy atom. The maximum atomic E-state index is 11.8. The molecular formula is C30H30N2O5S. The Kier molecular flexibility index (Phi) is 6.74. The van der Waals surface area contributed by atoms with Gasteiger partial charge in [0.15, 0.2) is 5.79 Å². The van der Waals surface area contributed by atoms with Crippen LogP contribution < -0.4 is 10.1 Å². The molecule has 2 amide bonds. The van der Waals surface area contributed by atoms with Crippen molar-refractivity contribution < 1.29 is 23.8 Å². The van der Waals surface area contributed by atoms with Crippen molar-refractivity contribution in [3.63, 3.8) is 0 Å². The summed E-state index contributed by atoms with van der Waals surface area (Å²) < 4.78 is 18.7. The third kappa shape index (κ3) is 5.35. The molecule has 3 aromatic rings. The number of benzene rings is 3. The Bertz CT molecular complexity index is 1410. The fraction of sp³-hybridized carbons (Fsp3) is 0.333. The standard InChI is InChI=1S/C30H30N2O5S/c1-30(2)36-25-18-32(17-19-6-4-3-5-7-19)24(27(25)37-30)12-13-35-23-11-10-21-14-20(8-9-22(21)16-23)15-26-28(33)31-29(34)38-26/h3-11,14-16,24-25,27H,12-13,17-18H2,1-2H3,(H,31,33,34)/b26-15-/t24?,25-,27+/m1/s1. The Labute approximate surface area is 226 Å². The molecule has 3 aliphatic heterocycles. The first-order valence-electron chi connectivity index (χ1n) is 12.9. The molecule has 7 nitrogen and oxygen atoms in total. The number of nitrogens with one attached hydrogen (secondary N) is 1. The summed E-state index contributed by atoms with van der Waals surface area (Å²) in [4.78, 5) is 26.1. The van der Waals surface area contributed by atoms with Crippen LogP contribution in [0.2, 0.25) is 0 Å². The zero-order chi connectivity index (χ0) is 26.3. The van der Waals surface area contributed by atoms with Crippen molar-refractivity contribution in [1.29, 1.82) is 0 Å². The minimum absolute atomic E-state index is 0.0249. The van der Waals surface area contributed by atoms with Gasteiger partial charge >= 0.3 is 0 Å². The van der Waals surface area contributed by atoms with E-state index in [4.69, 9.17) is 14.2 Å². The SMILES string of the molecule is CC1(C)O[C@@H]2CN(Cc3ccccc3)C(CCOc3ccc4cc(/C=C5\SC(=O)NC5=O)ccc4c3)[C@@H]2O1. The first-order valence-corrected chi connectivity index (χ1v) is 13.7. The average molecular weight is 531 g/mol. The predicted molar refractivity (Wildman–Crippen MR) is 148 cm³/mol. The number of imide groups is 1. The smallest absolute Gasteiger partial charge is 0.290 e. The monoisotopic (exact) mass is 530 g/mol. The number of amides is 2. The summed E-state index contributed by atoms with van der Waals surface area (Å²) in [5.41, 5.74) is 2.15. The van der Waals surface area contributed by atoms with E-state index in [0.29, 0.717) is 11.5 Å². The molecule has 196 valence electrons. The molecule has 0 radical (unpaired) electrons. The molecule has 3 aromatic carbocycles. The van der Waals surface area contributed by atoms with E-state index < -0.39 is 5.79 Å². The van der Waals surface area contributed by atoms with Gasteiger partial charge in [-0.25, -0.2) is 0 Å². The summed E-state index contributed by atoms with van der Waals surface area (Å²) in [5.74, 6) is -0.0955. The van der Waals surface area contributed by atoms with Crippen LogP contribution in [0, 0.1) is 0 Å². The van der Waals surface area contributed by atoms with Crippen molar-refractivity contribution in [2.45, 2.75) is 50.8 Å². The third-order valence-electron chi connectivity index (χ3n) is 7.17. The molecule has 3 saturated heterocycles. The van der Waals surface area contributed by atoms with Crippen LogP contribution in [0.4, 0.5) is 4.79 Å². The maximum absolute atomic E-state index is 11.8. The zero-order valence-electron chi connectivity index (χ0n) is 21.4. The van der Waals surface area contributed by atoms with Crippen molar-refractivity contribution >= 4 is 39.8 Å².